The van der Waals surface area contributed by atoms with Gasteiger partial charge in [-0.2, -0.15) is 5.10 Å². The number of pyridine rings is 1. The Balaban J connectivity index is 1.52. The van der Waals surface area contributed by atoms with E-state index in [4.69, 9.17) is 0 Å². The third kappa shape index (κ3) is 2.82. The third-order valence-electron chi connectivity index (χ3n) is 4.32. The van der Waals surface area contributed by atoms with E-state index in [2.05, 4.69) is 26.4 Å². The molecule has 0 saturated carbocycles. The first-order valence-electron chi connectivity index (χ1n) is 8.21. The molecule has 1 N–H and O–H groups in total. The SMILES string of the molecule is O=C(Cn1ncc2cccnc21)Nc1ccccc1N1CCCC1. The maximum atomic E-state index is 12.5. The van der Waals surface area contributed by atoms with Gasteiger partial charge in [-0.05, 0) is 37.1 Å². The summed E-state index contributed by atoms with van der Waals surface area (Å²) in [7, 11) is 0. The van der Waals surface area contributed by atoms with Gasteiger partial charge in [0.2, 0.25) is 5.91 Å². The molecule has 6 heteroatoms. The number of nitrogens with zero attached hydrogens (tertiary/aromatic N) is 4. The lowest BCUT2D eigenvalue weighted by Gasteiger charge is -2.21. The number of amides is 1. The predicted octanol–water partition coefficient (Wildman–Crippen LogP) is 2.67. The first-order chi connectivity index (χ1) is 11.8. The lowest BCUT2D eigenvalue weighted by Crippen LogP contribution is -2.23. The standard InChI is InChI=1S/C18H19N5O/c24-17(13-23-18-14(12-20-23)6-5-9-19-18)21-15-7-1-2-8-16(15)22-10-3-4-11-22/h1-2,5-9,12H,3-4,10-11,13H2,(H,21,24). The van der Waals surface area contributed by atoms with Crippen LogP contribution in [0.4, 0.5) is 11.4 Å². The van der Waals surface area contributed by atoms with Crippen LogP contribution in [0, 0.1) is 0 Å². The number of anilines is 2. The number of rotatable bonds is 4. The first kappa shape index (κ1) is 14.7. The van der Waals surface area contributed by atoms with E-state index in [9.17, 15) is 4.79 Å². The Kier molecular flexibility index (Phi) is 3.86. The van der Waals surface area contributed by atoms with E-state index >= 15 is 0 Å². The van der Waals surface area contributed by atoms with E-state index in [0.717, 1.165) is 35.5 Å². The van der Waals surface area contributed by atoms with Crippen LogP contribution in [0.5, 0.6) is 0 Å². The molecule has 3 aromatic rings. The van der Waals surface area contributed by atoms with Gasteiger partial charge < -0.3 is 10.2 Å². The highest BCUT2D eigenvalue weighted by molar-refractivity contribution is 5.94. The van der Waals surface area contributed by atoms with Crippen LogP contribution in [0.1, 0.15) is 12.8 Å². The summed E-state index contributed by atoms with van der Waals surface area (Å²) in [5.74, 6) is -0.0997. The van der Waals surface area contributed by atoms with Crippen LogP contribution >= 0.6 is 0 Å². The van der Waals surface area contributed by atoms with Crippen LogP contribution in [0.15, 0.2) is 48.8 Å². The number of fused-ring (bicyclic) bond motifs is 1. The lowest BCUT2D eigenvalue weighted by atomic mass is 10.2. The normalized spacial score (nSPS) is 14.2. The molecule has 1 aliphatic heterocycles. The Bertz CT molecular complexity index is 866. The molecule has 0 radical (unpaired) electrons. The largest absolute Gasteiger partial charge is 0.370 e. The van der Waals surface area contributed by atoms with Gasteiger partial charge in [0.1, 0.15) is 6.54 Å². The fourth-order valence-electron chi connectivity index (χ4n) is 3.17. The van der Waals surface area contributed by atoms with Crippen molar-refractivity contribution >= 4 is 28.3 Å². The van der Waals surface area contributed by atoms with Crippen molar-refractivity contribution in [1.82, 2.24) is 14.8 Å². The summed E-state index contributed by atoms with van der Waals surface area (Å²) in [4.78, 5) is 19.1. The number of carbonyl (C=O) groups excluding carboxylic acids is 1. The molecule has 4 rings (SSSR count). The van der Waals surface area contributed by atoms with Crippen molar-refractivity contribution in [3.8, 4) is 0 Å². The van der Waals surface area contributed by atoms with Crippen molar-refractivity contribution in [2.45, 2.75) is 19.4 Å². The minimum Gasteiger partial charge on any atom is -0.370 e. The highest BCUT2D eigenvalue weighted by Crippen LogP contribution is 2.28. The molecule has 1 aromatic carbocycles. The van der Waals surface area contributed by atoms with Crippen LogP contribution in [-0.2, 0) is 11.3 Å². The van der Waals surface area contributed by atoms with E-state index in [0.29, 0.717) is 0 Å². The molecule has 1 aliphatic rings. The van der Waals surface area contributed by atoms with Crippen LogP contribution < -0.4 is 10.2 Å². The fraction of sp³-hybridized carbons (Fsp3) is 0.278. The predicted molar refractivity (Wildman–Crippen MR) is 94.0 cm³/mol. The van der Waals surface area contributed by atoms with Gasteiger partial charge in [-0.1, -0.05) is 12.1 Å². The van der Waals surface area contributed by atoms with Crippen molar-refractivity contribution < 1.29 is 4.79 Å². The maximum absolute atomic E-state index is 12.5. The van der Waals surface area contributed by atoms with E-state index in [1.807, 2.05) is 30.3 Å². The highest BCUT2D eigenvalue weighted by atomic mass is 16.2. The molecule has 3 heterocycles. The zero-order chi connectivity index (χ0) is 16.4. The molecule has 0 unspecified atom stereocenters. The summed E-state index contributed by atoms with van der Waals surface area (Å²) in [6, 6.07) is 11.8. The van der Waals surface area contributed by atoms with Crippen LogP contribution in [0.2, 0.25) is 0 Å². The van der Waals surface area contributed by atoms with Crippen molar-refractivity contribution in [3.63, 3.8) is 0 Å². The highest BCUT2D eigenvalue weighted by Gasteiger charge is 2.17. The molecular weight excluding hydrogens is 302 g/mol. The average Bonchev–Trinajstić information content (AvgIpc) is 3.26. The van der Waals surface area contributed by atoms with Crippen molar-refractivity contribution in [3.05, 3.63) is 48.8 Å². The molecule has 2 aromatic heterocycles. The zero-order valence-corrected chi connectivity index (χ0v) is 13.4. The fourth-order valence-corrected chi connectivity index (χ4v) is 3.17. The zero-order valence-electron chi connectivity index (χ0n) is 13.4. The molecule has 1 fully saturated rings. The number of aromatic nitrogens is 3. The lowest BCUT2D eigenvalue weighted by molar-refractivity contribution is -0.116. The Labute approximate surface area is 140 Å². The minimum atomic E-state index is -0.0997. The summed E-state index contributed by atoms with van der Waals surface area (Å²) in [6.07, 6.45) is 5.84. The summed E-state index contributed by atoms with van der Waals surface area (Å²) in [6.45, 7) is 2.23. The Morgan fingerprint density at radius 2 is 1.96 bits per heavy atom. The Morgan fingerprint density at radius 3 is 2.83 bits per heavy atom. The van der Waals surface area contributed by atoms with Gasteiger partial charge in [-0.3, -0.25) is 4.79 Å². The van der Waals surface area contributed by atoms with Crippen molar-refractivity contribution in [2.24, 2.45) is 0 Å². The second-order valence-electron chi connectivity index (χ2n) is 5.98. The van der Waals surface area contributed by atoms with Crippen LogP contribution in [0.25, 0.3) is 11.0 Å². The maximum Gasteiger partial charge on any atom is 0.246 e. The van der Waals surface area contributed by atoms with Gasteiger partial charge in [-0.15, -0.1) is 0 Å². The van der Waals surface area contributed by atoms with Gasteiger partial charge in [0.05, 0.1) is 17.6 Å². The van der Waals surface area contributed by atoms with E-state index < -0.39 is 0 Å². The molecule has 0 aliphatic carbocycles. The number of hydrogen-bond donors (Lipinski definition) is 1. The summed E-state index contributed by atoms with van der Waals surface area (Å²) in [5.41, 5.74) is 2.67. The van der Waals surface area contributed by atoms with Crippen molar-refractivity contribution in [2.75, 3.05) is 23.3 Å². The van der Waals surface area contributed by atoms with E-state index in [1.54, 1.807) is 17.1 Å². The number of carbonyl (C=O) groups is 1. The smallest absolute Gasteiger partial charge is 0.246 e. The molecule has 6 nitrogen and oxygen atoms in total. The monoisotopic (exact) mass is 321 g/mol. The van der Waals surface area contributed by atoms with Crippen LogP contribution in [-0.4, -0.2) is 33.8 Å². The molecule has 24 heavy (non-hydrogen) atoms. The molecule has 0 spiro atoms. The van der Waals surface area contributed by atoms with Crippen LogP contribution in [0.3, 0.4) is 0 Å². The topological polar surface area (TPSA) is 63.1 Å². The molecule has 0 atom stereocenters. The quantitative estimate of drug-likeness (QED) is 0.802. The third-order valence-corrected chi connectivity index (χ3v) is 4.32. The Morgan fingerprint density at radius 1 is 1.12 bits per heavy atom. The number of hydrogen-bond acceptors (Lipinski definition) is 4. The van der Waals surface area contributed by atoms with Gasteiger partial charge in [-0.25, -0.2) is 9.67 Å². The summed E-state index contributed by atoms with van der Waals surface area (Å²) < 4.78 is 1.63. The first-order valence-corrected chi connectivity index (χ1v) is 8.21. The second kappa shape index (κ2) is 6.31. The average molecular weight is 321 g/mol. The van der Waals surface area contributed by atoms with E-state index in [-0.39, 0.29) is 12.5 Å². The molecule has 122 valence electrons. The summed E-state index contributed by atoms with van der Waals surface area (Å²) >= 11 is 0. The minimum absolute atomic E-state index is 0.0997. The second-order valence-corrected chi connectivity index (χ2v) is 5.98. The summed E-state index contributed by atoms with van der Waals surface area (Å²) in [5, 5.41) is 8.21. The number of benzene rings is 1. The van der Waals surface area contributed by atoms with Gasteiger partial charge in [0, 0.05) is 24.7 Å². The van der Waals surface area contributed by atoms with Gasteiger partial charge in [0.15, 0.2) is 5.65 Å². The molecule has 1 amide bonds. The molecule has 1 saturated heterocycles. The number of nitrogens with one attached hydrogen (secondary N) is 1. The molecular formula is C18H19N5O. The van der Waals surface area contributed by atoms with Gasteiger partial charge in [0.25, 0.3) is 0 Å². The van der Waals surface area contributed by atoms with Gasteiger partial charge >= 0.3 is 0 Å². The van der Waals surface area contributed by atoms with E-state index in [1.165, 1.54) is 12.8 Å². The Hall–Kier alpha value is -2.89. The van der Waals surface area contributed by atoms with Crippen molar-refractivity contribution in [1.29, 1.82) is 0 Å². The molecule has 0 bridgehead atoms. The number of para-hydroxylation sites is 2.